The minimum absolute atomic E-state index is 0.204. The van der Waals surface area contributed by atoms with Crippen LogP contribution in [0.2, 0.25) is 0 Å². The first-order chi connectivity index (χ1) is 8.04. The Morgan fingerprint density at radius 3 is 2.59 bits per heavy atom. The lowest BCUT2D eigenvalue weighted by molar-refractivity contribution is 0.203. The summed E-state index contributed by atoms with van der Waals surface area (Å²) in [7, 11) is 1.42. The van der Waals surface area contributed by atoms with Gasteiger partial charge in [-0.2, -0.15) is 11.8 Å². The molecule has 1 aromatic rings. The molecule has 2 nitrogen and oxygen atoms in total. The van der Waals surface area contributed by atoms with Gasteiger partial charge in [-0.1, -0.05) is 19.9 Å². The van der Waals surface area contributed by atoms with Gasteiger partial charge in [0.15, 0.2) is 11.6 Å². The third kappa shape index (κ3) is 4.56. The molecule has 0 spiro atoms. The smallest absolute Gasteiger partial charge is 0.165 e. The van der Waals surface area contributed by atoms with E-state index in [4.69, 9.17) is 4.74 Å². The van der Waals surface area contributed by atoms with E-state index in [1.807, 2.05) is 0 Å². The number of hydrogen-bond acceptors (Lipinski definition) is 3. The van der Waals surface area contributed by atoms with Gasteiger partial charge in [-0.05, 0) is 29.4 Å². The highest BCUT2D eigenvalue weighted by atomic mass is 32.2. The zero-order valence-electron chi connectivity index (χ0n) is 10.4. The molecule has 4 heteroatoms. The van der Waals surface area contributed by atoms with Crippen molar-refractivity contribution in [3.8, 4) is 5.75 Å². The van der Waals surface area contributed by atoms with E-state index in [1.165, 1.54) is 13.2 Å². The molecular formula is C13H19FO2S. The zero-order valence-corrected chi connectivity index (χ0v) is 11.3. The second kappa shape index (κ2) is 6.87. The van der Waals surface area contributed by atoms with Crippen LogP contribution < -0.4 is 4.74 Å². The van der Waals surface area contributed by atoms with Gasteiger partial charge in [-0.25, -0.2) is 4.39 Å². The molecule has 1 atom stereocenters. The number of rotatable bonds is 6. The summed E-state index contributed by atoms with van der Waals surface area (Å²) in [5.74, 6) is 1.95. The van der Waals surface area contributed by atoms with E-state index in [-0.39, 0.29) is 5.75 Å². The van der Waals surface area contributed by atoms with Gasteiger partial charge in [0.25, 0.3) is 0 Å². The van der Waals surface area contributed by atoms with Crippen molar-refractivity contribution in [2.24, 2.45) is 5.92 Å². The Bertz CT molecular complexity index is 355. The quantitative estimate of drug-likeness (QED) is 0.849. The predicted molar refractivity (Wildman–Crippen MR) is 70.1 cm³/mol. The van der Waals surface area contributed by atoms with Crippen LogP contribution in [0, 0.1) is 11.7 Å². The fourth-order valence-corrected chi connectivity index (χ4v) is 2.42. The molecule has 1 aromatic carbocycles. The Morgan fingerprint density at radius 2 is 2.06 bits per heavy atom. The van der Waals surface area contributed by atoms with Crippen LogP contribution in [0.1, 0.15) is 25.5 Å². The number of thioether (sulfide) groups is 1. The van der Waals surface area contributed by atoms with Crippen LogP contribution in [0.15, 0.2) is 18.2 Å². The van der Waals surface area contributed by atoms with E-state index >= 15 is 0 Å². The lowest BCUT2D eigenvalue weighted by atomic mass is 10.1. The van der Waals surface area contributed by atoms with E-state index < -0.39 is 11.9 Å². The van der Waals surface area contributed by atoms with E-state index in [0.717, 1.165) is 5.75 Å². The molecule has 0 amide bonds. The maximum atomic E-state index is 13.4. The van der Waals surface area contributed by atoms with Crippen molar-refractivity contribution in [2.45, 2.75) is 20.0 Å². The highest BCUT2D eigenvalue weighted by Crippen LogP contribution is 2.24. The van der Waals surface area contributed by atoms with Gasteiger partial charge in [0.1, 0.15) is 0 Å². The summed E-state index contributed by atoms with van der Waals surface area (Å²) < 4.78 is 18.2. The Labute approximate surface area is 106 Å². The summed E-state index contributed by atoms with van der Waals surface area (Å²) >= 11 is 1.68. The lowest BCUT2D eigenvalue weighted by Crippen LogP contribution is -2.03. The van der Waals surface area contributed by atoms with Gasteiger partial charge in [-0.15, -0.1) is 0 Å². The van der Waals surface area contributed by atoms with E-state index in [1.54, 1.807) is 23.9 Å². The Morgan fingerprint density at radius 1 is 1.35 bits per heavy atom. The van der Waals surface area contributed by atoms with Crippen LogP contribution in [0.25, 0.3) is 0 Å². The molecule has 0 aliphatic heterocycles. The van der Waals surface area contributed by atoms with Gasteiger partial charge in [0, 0.05) is 5.75 Å². The van der Waals surface area contributed by atoms with Crippen molar-refractivity contribution in [3.63, 3.8) is 0 Å². The number of aliphatic hydroxyl groups is 1. The minimum Gasteiger partial charge on any atom is -0.494 e. The van der Waals surface area contributed by atoms with Gasteiger partial charge >= 0.3 is 0 Å². The van der Waals surface area contributed by atoms with Crippen molar-refractivity contribution in [2.75, 3.05) is 18.6 Å². The second-order valence-electron chi connectivity index (χ2n) is 4.34. The maximum absolute atomic E-state index is 13.4. The summed E-state index contributed by atoms with van der Waals surface area (Å²) in [5, 5.41) is 9.89. The topological polar surface area (TPSA) is 29.5 Å². The molecule has 0 fully saturated rings. The highest BCUT2D eigenvalue weighted by Gasteiger charge is 2.11. The molecule has 0 saturated heterocycles. The molecule has 1 rings (SSSR count). The molecule has 0 aliphatic carbocycles. The first kappa shape index (κ1) is 14.3. The van der Waals surface area contributed by atoms with Crippen LogP contribution in [0.3, 0.4) is 0 Å². The summed E-state index contributed by atoms with van der Waals surface area (Å²) in [6, 6.07) is 4.57. The van der Waals surface area contributed by atoms with Crippen LogP contribution in [0.5, 0.6) is 5.75 Å². The number of benzene rings is 1. The SMILES string of the molecule is COc1ccc(C(O)CSCC(C)C)cc1F. The summed E-state index contributed by atoms with van der Waals surface area (Å²) in [6.45, 7) is 4.26. The number of aliphatic hydroxyl groups excluding tert-OH is 1. The van der Waals surface area contributed by atoms with E-state index in [0.29, 0.717) is 17.2 Å². The summed E-state index contributed by atoms with van der Waals surface area (Å²) in [5.41, 5.74) is 0.597. The molecule has 0 aliphatic rings. The Hall–Kier alpha value is -0.740. The predicted octanol–water partition coefficient (Wildman–Crippen LogP) is 3.26. The van der Waals surface area contributed by atoms with E-state index in [2.05, 4.69) is 13.8 Å². The lowest BCUT2D eigenvalue weighted by Gasteiger charge is -2.12. The van der Waals surface area contributed by atoms with Crippen molar-refractivity contribution >= 4 is 11.8 Å². The first-order valence-corrected chi connectivity index (χ1v) is 6.79. The molecule has 17 heavy (non-hydrogen) atoms. The van der Waals surface area contributed by atoms with Crippen molar-refractivity contribution < 1.29 is 14.2 Å². The molecular weight excluding hydrogens is 239 g/mol. The van der Waals surface area contributed by atoms with Gasteiger partial charge in [0.2, 0.25) is 0 Å². The molecule has 96 valence electrons. The highest BCUT2D eigenvalue weighted by molar-refractivity contribution is 7.99. The molecule has 0 heterocycles. The number of methoxy groups -OCH3 is 1. The first-order valence-electron chi connectivity index (χ1n) is 5.63. The molecule has 0 bridgehead atoms. The number of halogens is 1. The molecule has 1 N–H and O–H groups in total. The fourth-order valence-electron chi connectivity index (χ4n) is 1.40. The zero-order chi connectivity index (χ0) is 12.8. The Kier molecular flexibility index (Phi) is 5.78. The summed E-state index contributed by atoms with van der Waals surface area (Å²) in [4.78, 5) is 0. The third-order valence-electron chi connectivity index (χ3n) is 2.29. The van der Waals surface area contributed by atoms with Crippen molar-refractivity contribution in [1.29, 1.82) is 0 Å². The molecule has 0 radical (unpaired) electrons. The van der Waals surface area contributed by atoms with Gasteiger partial charge in [-0.3, -0.25) is 0 Å². The largest absolute Gasteiger partial charge is 0.494 e. The number of hydrogen-bond donors (Lipinski definition) is 1. The van der Waals surface area contributed by atoms with Crippen LogP contribution in [0.4, 0.5) is 4.39 Å². The summed E-state index contributed by atoms with van der Waals surface area (Å²) in [6.07, 6.45) is -0.626. The number of ether oxygens (including phenoxy) is 1. The third-order valence-corrected chi connectivity index (χ3v) is 3.74. The standard InChI is InChI=1S/C13H19FO2S/c1-9(2)7-17-8-12(15)10-4-5-13(16-3)11(14)6-10/h4-6,9,12,15H,7-8H2,1-3H3. The fraction of sp³-hybridized carbons (Fsp3) is 0.538. The molecule has 0 aromatic heterocycles. The molecule has 1 unspecified atom stereocenters. The average molecular weight is 258 g/mol. The minimum atomic E-state index is -0.626. The normalized spacial score (nSPS) is 12.8. The maximum Gasteiger partial charge on any atom is 0.165 e. The monoisotopic (exact) mass is 258 g/mol. The van der Waals surface area contributed by atoms with Crippen molar-refractivity contribution in [1.82, 2.24) is 0 Å². The van der Waals surface area contributed by atoms with Crippen LogP contribution >= 0.6 is 11.8 Å². The van der Waals surface area contributed by atoms with Gasteiger partial charge < -0.3 is 9.84 Å². The molecule has 0 saturated carbocycles. The van der Waals surface area contributed by atoms with Crippen LogP contribution in [-0.2, 0) is 0 Å². The van der Waals surface area contributed by atoms with Crippen molar-refractivity contribution in [3.05, 3.63) is 29.6 Å². The van der Waals surface area contributed by atoms with Crippen LogP contribution in [-0.4, -0.2) is 23.7 Å². The van der Waals surface area contributed by atoms with E-state index in [9.17, 15) is 9.50 Å². The average Bonchev–Trinajstić information content (AvgIpc) is 2.28. The van der Waals surface area contributed by atoms with Gasteiger partial charge in [0.05, 0.1) is 13.2 Å². The Balaban J connectivity index is 2.57. The second-order valence-corrected chi connectivity index (χ2v) is 5.42.